The molecule has 118 valence electrons. The fraction of sp³-hybridized carbons (Fsp3) is 0.118. The number of aryl methyl sites for hydroxylation is 1. The van der Waals surface area contributed by atoms with Crippen LogP contribution in [0.1, 0.15) is 22.8 Å². The van der Waals surface area contributed by atoms with Gasteiger partial charge in [-0.05, 0) is 48.4 Å². The minimum Gasteiger partial charge on any atom is -0.366 e. The fourth-order valence-corrected chi connectivity index (χ4v) is 1.92. The third-order valence-electron chi connectivity index (χ3n) is 3.25. The molecule has 0 aromatic heterocycles. The molecule has 2 aromatic carbocycles. The van der Waals surface area contributed by atoms with Crippen molar-refractivity contribution in [1.82, 2.24) is 0 Å². The lowest BCUT2D eigenvalue weighted by Crippen LogP contribution is -2.29. The second-order valence-corrected chi connectivity index (χ2v) is 4.90. The van der Waals surface area contributed by atoms with Crippen LogP contribution in [0.25, 0.3) is 0 Å². The fourth-order valence-electron chi connectivity index (χ4n) is 1.92. The predicted molar refractivity (Wildman–Crippen MR) is 88.0 cm³/mol. The van der Waals surface area contributed by atoms with Crippen LogP contribution in [-0.2, 0) is 16.0 Å². The van der Waals surface area contributed by atoms with E-state index in [-0.39, 0.29) is 0 Å². The van der Waals surface area contributed by atoms with Gasteiger partial charge in [0.2, 0.25) is 5.91 Å². The molecule has 0 aliphatic rings. The molecule has 0 fully saturated rings. The van der Waals surface area contributed by atoms with Crippen molar-refractivity contribution in [3.8, 4) is 0 Å². The topological polar surface area (TPSA) is 101 Å². The van der Waals surface area contributed by atoms with Gasteiger partial charge in [0, 0.05) is 16.9 Å². The Morgan fingerprint density at radius 1 is 0.826 bits per heavy atom. The second kappa shape index (κ2) is 7.22. The summed E-state index contributed by atoms with van der Waals surface area (Å²) < 4.78 is 0. The molecule has 0 heterocycles. The van der Waals surface area contributed by atoms with Gasteiger partial charge in [-0.1, -0.05) is 19.1 Å². The zero-order valence-electron chi connectivity index (χ0n) is 12.6. The van der Waals surface area contributed by atoms with Gasteiger partial charge in [0.05, 0.1) is 0 Å². The van der Waals surface area contributed by atoms with Crippen LogP contribution < -0.4 is 16.4 Å². The number of nitrogens with one attached hydrogen (secondary N) is 2. The molecule has 6 heteroatoms. The largest absolute Gasteiger partial charge is 0.366 e. The molecular formula is C17H17N3O3. The van der Waals surface area contributed by atoms with Crippen LogP contribution in [0, 0.1) is 0 Å². The molecule has 4 N–H and O–H groups in total. The van der Waals surface area contributed by atoms with Gasteiger partial charge in [-0.3, -0.25) is 14.4 Å². The Kier molecular flexibility index (Phi) is 5.09. The number of primary amides is 1. The quantitative estimate of drug-likeness (QED) is 0.752. The maximum Gasteiger partial charge on any atom is 0.314 e. The highest BCUT2D eigenvalue weighted by Crippen LogP contribution is 2.11. The van der Waals surface area contributed by atoms with Crippen LogP contribution in [0.2, 0.25) is 0 Å². The van der Waals surface area contributed by atoms with Crippen molar-refractivity contribution in [2.75, 3.05) is 10.6 Å². The van der Waals surface area contributed by atoms with E-state index in [9.17, 15) is 14.4 Å². The number of hydrogen-bond donors (Lipinski definition) is 3. The Morgan fingerprint density at radius 3 is 1.65 bits per heavy atom. The van der Waals surface area contributed by atoms with E-state index in [0.29, 0.717) is 16.9 Å². The van der Waals surface area contributed by atoms with Crippen LogP contribution in [-0.4, -0.2) is 17.7 Å². The number of nitrogens with two attached hydrogens (primary N) is 1. The Morgan fingerprint density at radius 2 is 1.26 bits per heavy atom. The van der Waals surface area contributed by atoms with E-state index in [1.807, 2.05) is 19.1 Å². The highest BCUT2D eigenvalue weighted by Gasteiger charge is 2.14. The number of rotatable bonds is 4. The molecule has 2 rings (SSSR count). The number of amides is 3. The third-order valence-corrected chi connectivity index (χ3v) is 3.25. The number of hydrogen-bond acceptors (Lipinski definition) is 3. The van der Waals surface area contributed by atoms with E-state index in [1.54, 1.807) is 12.1 Å². The number of benzene rings is 2. The summed E-state index contributed by atoms with van der Waals surface area (Å²) in [5.41, 5.74) is 7.54. The first-order chi connectivity index (χ1) is 11.0. The molecule has 6 nitrogen and oxygen atoms in total. The van der Waals surface area contributed by atoms with Gasteiger partial charge in [0.25, 0.3) is 0 Å². The molecule has 0 atom stereocenters. The summed E-state index contributed by atoms with van der Waals surface area (Å²) in [5, 5.41) is 4.97. The first kappa shape index (κ1) is 16.2. The normalized spacial score (nSPS) is 9.96. The van der Waals surface area contributed by atoms with Crippen molar-refractivity contribution in [1.29, 1.82) is 0 Å². The smallest absolute Gasteiger partial charge is 0.314 e. The summed E-state index contributed by atoms with van der Waals surface area (Å²) in [7, 11) is 0. The van der Waals surface area contributed by atoms with Crippen molar-refractivity contribution in [3.05, 3.63) is 59.7 Å². The Balaban J connectivity index is 1.96. The van der Waals surface area contributed by atoms with E-state index < -0.39 is 17.7 Å². The van der Waals surface area contributed by atoms with E-state index in [0.717, 1.165) is 12.0 Å². The lowest BCUT2D eigenvalue weighted by atomic mass is 10.1. The summed E-state index contributed by atoms with van der Waals surface area (Å²) in [6.45, 7) is 2.03. The Labute approximate surface area is 133 Å². The average molecular weight is 311 g/mol. The van der Waals surface area contributed by atoms with Crippen molar-refractivity contribution < 1.29 is 14.4 Å². The number of anilines is 2. The molecule has 3 amide bonds. The SMILES string of the molecule is CCc1ccc(NC(=O)C(=O)Nc2ccc(C(N)=O)cc2)cc1. The summed E-state index contributed by atoms with van der Waals surface area (Å²) in [6.07, 6.45) is 0.899. The zero-order valence-corrected chi connectivity index (χ0v) is 12.6. The molecule has 0 radical (unpaired) electrons. The minimum absolute atomic E-state index is 0.323. The van der Waals surface area contributed by atoms with E-state index in [1.165, 1.54) is 24.3 Å². The van der Waals surface area contributed by atoms with E-state index in [4.69, 9.17) is 5.73 Å². The van der Waals surface area contributed by atoms with Crippen molar-refractivity contribution >= 4 is 29.1 Å². The molecule has 0 saturated carbocycles. The summed E-state index contributed by atoms with van der Waals surface area (Å²) in [5.74, 6) is -2.12. The molecule has 0 spiro atoms. The van der Waals surface area contributed by atoms with Crippen molar-refractivity contribution in [2.24, 2.45) is 5.73 Å². The molecule has 0 saturated heterocycles. The van der Waals surface area contributed by atoms with Gasteiger partial charge in [-0.2, -0.15) is 0 Å². The van der Waals surface area contributed by atoms with Crippen molar-refractivity contribution in [3.63, 3.8) is 0 Å². The lowest BCUT2D eigenvalue weighted by Gasteiger charge is -2.07. The number of carbonyl (C=O) groups excluding carboxylic acids is 3. The molecule has 2 aromatic rings. The Hall–Kier alpha value is -3.15. The summed E-state index contributed by atoms with van der Waals surface area (Å²) in [4.78, 5) is 34.7. The lowest BCUT2D eigenvalue weighted by molar-refractivity contribution is -0.132. The van der Waals surface area contributed by atoms with E-state index in [2.05, 4.69) is 10.6 Å². The maximum absolute atomic E-state index is 11.8. The molecule has 0 aliphatic carbocycles. The van der Waals surface area contributed by atoms with Gasteiger partial charge < -0.3 is 16.4 Å². The second-order valence-electron chi connectivity index (χ2n) is 4.90. The van der Waals surface area contributed by atoms with Crippen LogP contribution in [0.15, 0.2) is 48.5 Å². The van der Waals surface area contributed by atoms with Gasteiger partial charge in [0.15, 0.2) is 0 Å². The van der Waals surface area contributed by atoms with Gasteiger partial charge in [-0.15, -0.1) is 0 Å². The van der Waals surface area contributed by atoms with Gasteiger partial charge in [-0.25, -0.2) is 0 Å². The standard InChI is InChI=1S/C17H17N3O3/c1-2-11-3-7-13(8-4-11)19-16(22)17(23)20-14-9-5-12(6-10-14)15(18)21/h3-10H,2H2,1H3,(H2,18,21)(H,19,22)(H,20,23). The van der Waals surface area contributed by atoms with Crippen LogP contribution in [0.5, 0.6) is 0 Å². The summed E-state index contributed by atoms with van der Waals surface area (Å²) >= 11 is 0. The number of carbonyl (C=O) groups is 3. The van der Waals surface area contributed by atoms with Gasteiger partial charge >= 0.3 is 11.8 Å². The maximum atomic E-state index is 11.8. The first-order valence-corrected chi connectivity index (χ1v) is 7.10. The molecule has 0 bridgehead atoms. The van der Waals surface area contributed by atoms with Gasteiger partial charge in [0.1, 0.15) is 0 Å². The highest BCUT2D eigenvalue weighted by atomic mass is 16.2. The van der Waals surface area contributed by atoms with Crippen molar-refractivity contribution in [2.45, 2.75) is 13.3 Å². The van der Waals surface area contributed by atoms with Crippen LogP contribution >= 0.6 is 0 Å². The van der Waals surface area contributed by atoms with Crippen LogP contribution in [0.4, 0.5) is 11.4 Å². The molecular weight excluding hydrogens is 294 g/mol. The average Bonchev–Trinajstić information content (AvgIpc) is 2.56. The van der Waals surface area contributed by atoms with E-state index >= 15 is 0 Å². The minimum atomic E-state index is -0.795. The highest BCUT2D eigenvalue weighted by molar-refractivity contribution is 6.43. The Bertz CT molecular complexity index is 722. The van der Waals surface area contributed by atoms with Crippen LogP contribution in [0.3, 0.4) is 0 Å². The molecule has 23 heavy (non-hydrogen) atoms. The molecule has 0 unspecified atom stereocenters. The first-order valence-electron chi connectivity index (χ1n) is 7.10. The third kappa shape index (κ3) is 4.41. The monoisotopic (exact) mass is 311 g/mol. The predicted octanol–water partition coefficient (Wildman–Crippen LogP) is 1.93. The summed E-state index contributed by atoms with van der Waals surface area (Å²) in [6, 6.07) is 13.2. The molecule has 0 aliphatic heterocycles. The zero-order chi connectivity index (χ0) is 16.8.